The molecule has 0 aromatic carbocycles. The van der Waals surface area contributed by atoms with Crippen LogP contribution in [0.4, 0.5) is 0 Å². The fourth-order valence-corrected chi connectivity index (χ4v) is 2.17. The zero-order chi connectivity index (χ0) is 10.4. The number of thiophene rings is 1. The molecule has 4 heteroatoms. The van der Waals surface area contributed by atoms with Crippen LogP contribution in [0.25, 0.3) is 0 Å². The van der Waals surface area contributed by atoms with Crippen molar-refractivity contribution in [3.63, 3.8) is 0 Å². The topological polar surface area (TPSA) is 21.3 Å². The Kier molecular flexibility index (Phi) is 5.48. The van der Waals surface area contributed by atoms with Crippen LogP contribution < -0.4 is 5.32 Å². The molecule has 0 radical (unpaired) electrons. The molecule has 1 aromatic rings. The SMILES string of the molecule is COC(C)CNCCc1ccc(Cl)s1. The molecule has 14 heavy (non-hydrogen) atoms. The fourth-order valence-electron chi connectivity index (χ4n) is 1.09. The van der Waals surface area contributed by atoms with Gasteiger partial charge >= 0.3 is 0 Å². The highest BCUT2D eigenvalue weighted by Gasteiger charge is 1.99. The van der Waals surface area contributed by atoms with Crippen molar-refractivity contribution >= 4 is 22.9 Å². The molecule has 0 bridgehead atoms. The number of ether oxygens (including phenoxy) is 1. The first-order valence-corrected chi connectivity index (χ1v) is 5.89. The van der Waals surface area contributed by atoms with Crippen molar-refractivity contribution in [2.24, 2.45) is 0 Å². The van der Waals surface area contributed by atoms with Crippen LogP contribution in [-0.4, -0.2) is 26.3 Å². The van der Waals surface area contributed by atoms with Gasteiger partial charge in [-0.1, -0.05) is 11.6 Å². The van der Waals surface area contributed by atoms with Crippen molar-refractivity contribution in [2.75, 3.05) is 20.2 Å². The Morgan fingerprint density at radius 3 is 2.93 bits per heavy atom. The third-order valence-corrected chi connectivity index (χ3v) is 3.30. The molecule has 0 aliphatic heterocycles. The van der Waals surface area contributed by atoms with E-state index < -0.39 is 0 Å². The average Bonchev–Trinajstić information content (AvgIpc) is 2.58. The van der Waals surface area contributed by atoms with E-state index in [1.54, 1.807) is 18.4 Å². The number of nitrogens with one attached hydrogen (secondary N) is 1. The zero-order valence-corrected chi connectivity index (χ0v) is 10.1. The monoisotopic (exact) mass is 233 g/mol. The maximum absolute atomic E-state index is 5.82. The summed E-state index contributed by atoms with van der Waals surface area (Å²) in [5.41, 5.74) is 0. The number of hydrogen-bond donors (Lipinski definition) is 1. The van der Waals surface area contributed by atoms with Gasteiger partial charge in [0.25, 0.3) is 0 Å². The lowest BCUT2D eigenvalue weighted by Gasteiger charge is -2.09. The van der Waals surface area contributed by atoms with Gasteiger partial charge in [-0.2, -0.15) is 0 Å². The van der Waals surface area contributed by atoms with Gasteiger partial charge in [0, 0.05) is 25.1 Å². The van der Waals surface area contributed by atoms with Crippen LogP contribution in [-0.2, 0) is 11.2 Å². The second-order valence-corrected chi connectivity index (χ2v) is 5.01. The van der Waals surface area contributed by atoms with E-state index in [1.807, 2.05) is 6.07 Å². The minimum atomic E-state index is 0.280. The Labute approximate surface area is 94.2 Å². The van der Waals surface area contributed by atoms with E-state index >= 15 is 0 Å². The predicted octanol–water partition coefficient (Wildman–Crippen LogP) is 2.57. The van der Waals surface area contributed by atoms with E-state index in [9.17, 15) is 0 Å². The standard InChI is InChI=1S/C10H16ClNOS/c1-8(13-2)7-12-6-5-9-3-4-10(11)14-9/h3-4,8,12H,5-7H2,1-2H3. The van der Waals surface area contributed by atoms with Crippen molar-refractivity contribution in [3.8, 4) is 0 Å². The van der Waals surface area contributed by atoms with E-state index in [1.165, 1.54) is 4.88 Å². The zero-order valence-electron chi connectivity index (χ0n) is 8.55. The molecule has 0 spiro atoms. The summed E-state index contributed by atoms with van der Waals surface area (Å²) in [5, 5.41) is 3.33. The van der Waals surface area contributed by atoms with Crippen molar-refractivity contribution in [3.05, 3.63) is 21.3 Å². The number of rotatable bonds is 6. The minimum absolute atomic E-state index is 0.280. The molecule has 1 aromatic heterocycles. The van der Waals surface area contributed by atoms with Crippen LogP contribution in [0.3, 0.4) is 0 Å². The molecule has 0 amide bonds. The Morgan fingerprint density at radius 1 is 1.57 bits per heavy atom. The molecule has 1 unspecified atom stereocenters. The smallest absolute Gasteiger partial charge is 0.0931 e. The molecule has 1 heterocycles. The van der Waals surface area contributed by atoms with Gasteiger partial charge in [-0.3, -0.25) is 0 Å². The third kappa shape index (κ3) is 4.42. The van der Waals surface area contributed by atoms with Crippen molar-refractivity contribution < 1.29 is 4.74 Å². The van der Waals surface area contributed by atoms with Crippen molar-refractivity contribution in [1.29, 1.82) is 0 Å². The van der Waals surface area contributed by atoms with E-state index in [4.69, 9.17) is 16.3 Å². The Morgan fingerprint density at radius 2 is 2.36 bits per heavy atom. The molecule has 1 N–H and O–H groups in total. The van der Waals surface area contributed by atoms with Gasteiger partial charge in [0.1, 0.15) is 0 Å². The predicted molar refractivity (Wildman–Crippen MR) is 62.4 cm³/mol. The molecule has 0 aliphatic carbocycles. The van der Waals surface area contributed by atoms with Crippen LogP contribution in [0.15, 0.2) is 12.1 Å². The van der Waals surface area contributed by atoms with Crippen LogP contribution in [0.5, 0.6) is 0 Å². The summed E-state index contributed by atoms with van der Waals surface area (Å²) < 4.78 is 5.99. The average molecular weight is 234 g/mol. The molecule has 0 aliphatic rings. The summed E-state index contributed by atoms with van der Waals surface area (Å²) in [6.45, 7) is 3.93. The Bertz CT molecular complexity index is 264. The first-order valence-electron chi connectivity index (χ1n) is 4.70. The fraction of sp³-hybridized carbons (Fsp3) is 0.600. The molecule has 0 saturated heterocycles. The first-order chi connectivity index (χ1) is 6.72. The lowest BCUT2D eigenvalue weighted by atomic mass is 10.3. The van der Waals surface area contributed by atoms with E-state index in [0.717, 1.165) is 23.8 Å². The van der Waals surface area contributed by atoms with Crippen LogP contribution in [0, 0.1) is 0 Å². The van der Waals surface area contributed by atoms with Crippen LogP contribution >= 0.6 is 22.9 Å². The lowest BCUT2D eigenvalue weighted by molar-refractivity contribution is 0.117. The van der Waals surface area contributed by atoms with Gasteiger partial charge in [-0.05, 0) is 25.5 Å². The molecular formula is C10H16ClNOS. The maximum atomic E-state index is 5.82. The summed E-state index contributed by atoms with van der Waals surface area (Å²) in [6.07, 6.45) is 1.32. The van der Waals surface area contributed by atoms with E-state index in [2.05, 4.69) is 18.3 Å². The van der Waals surface area contributed by atoms with Crippen molar-refractivity contribution in [1.82, 2.24) is 5.32 Å². The van der Waals surface area contributed by atoms with Gasteiger partial charge in [-0.25, -0.2) is 0 Å². The molecule has 80 valence electrons. The largest absolute Gasteiger partial charge is 0.380 e. The minimum Gasteiger partial charge on any atom is -0.380 e. The summed E-state index contributed by atoms with van der Waals surface area (Å²) in [4.78, 5) is 1.33. The Hall–Kier alpha value is -0.0900. The highest BCUT2D eigenvalue weighted by molar-refractivity contribution is 7.16. The first kappa shape index (κ1) is 12.0. The molecule has 2 nitrogen and oxygen atoms in total. The lowest BCUT2D eigenvalue weighted by Crippen LogP contribution is -2.27. The highest BCUT2D eigenvalue weighted by Crippen LogP contribution is 2.21. The van der Waals surface area contributed by atoms with Gasteiger partial charge in [0.15, 0.2) is 0 Å². The van der Waals surface area contributed by atoms with Gasteiger partial charge in [0.2, 0.25) is 0 Å². The summed E-state index contributed by atoms with van der Waals surface area (Å²) in [5.74, 6) is 0. The summed E-state index contributed by atoms with van der Waals surface area (Å²) in [7, 11) is 1.73. The second-order valence-electron chi connectivity index (χ2n) is 3.21. The van der Waals surface area contributed by atoms with Gasteiger partial charge < -0.3 is 10.1 Å². The molecule has 1 atom stereocenters. The van der Waals surface area contributed by atoms with E-state index in [-0.39, 0.29) is 6.10 Å². The second kappa shape index (κ2) is 6.40. The third-order valence-electron chi connectivity index (χ3n) is 2.01. The quantitative estimate of drug-likeness (QED) is 0.763. The van der Waals surface area contributed by atoms with Crippen LogP contribution in [0.2, 0.25) is 4.34 Å². The highest BCUT2D eigenvalue weighted by atomic mass is 35.5. The number of methoxy groups -OCH3 is 1. The molecular weight excluding hydrogens is 218 g/mol. The summed E-state index contributed by atoms with van der Waals surface area (Å²) in [6, 6.07) is 4.02. The Balaban J connectivity index is 2.10. The number of halogens is 1. The van der Waals surface area contributed by atoms with Gasteiger partial charge in [-0.15, -0.1) is 11.3 Å². The number of hydrogen-bond acceptors (Lipinski definition) is 3. The molecule has 0 fully saturated rings. The van der Waals surface area contributed by atoms with Gasteiger partial charge in [0.05, 0.1) is 10.4 Å². The summed E-state index contributed by atoms with van der Waals surface area (Å²) >= 11 is 7.47. The van der Waals surface area contributed by atoms with E-state index in [0.29, 0.717) is 0 Å². The molecule has 0 saturated carbocycles. The normalized spacial score (nSPS) is 13.1. The van der Waals surface area contributed by atoms with Crippen molar-refractivity contribution in [2.45, 2.75) is 19.4 Å². The maximum Gasteiger partial charge on any atom is 0.0931 e. The molecule has 1 rings (SSSR count). The van der Waals surface area contributed by atoms with Crippen LogP contribution in [0.1, 0.15) is 11.8 Å².